The number of rotatable bonds is 3. The molecule has 0 saturated heterocycles. The smallest absolute Gasteiger partial charge is 0.550 e. The molecular weight excluding hydrogens is 197 g/mol. The van der Waals surface area contributed by atoms with E-state index in [1.165, 1.54) is 0 Å². The Morgan fingerprint density at radius 1 is 1.36 bits per heavy atom. The molecule has 0 bridgehead atoms. The monoisotopic (exact) mass is 211 g/mol. The van der Waals surface area contributed by atoms with Gasteiger partial charge in [0.1, 0.15) is 5.60 Å². The molecule has 0 unspecified atom stereocenters. The second-order valence-electron chi connectivity index (χ2n) is 3.55. The summed E-state index contributed by atoms with van der Waals surface area (Å²) in [5, 5.41) is 12.3. The number of carboxylic acids is 1. The van der Waals surface area contributed by atoms with Crippen LogP contribution in [-0.4, -0.2) is 24.2 Å². The van der Waals surface area contributed by atoms with E-state index >= 15 is 0 Å². The van der Waals surface area contributed by atoms with Crippen LogP contribution in [0.25, 0.3) is 0 Å². The molecule has 0 spiro atoms. The van der Waals surface area contributed by atoms with E-state index in [-0.39, 0.29) is 42.5 Å². The van der Waals surface area contributed by atoms with Crippen molar-refractivity contribution in [3.05, 3.63) is 0 Å². The number of aliphatic carboxylic acids is 1. The van der Waals surface area contributed by atoms with E-state index < -0.39 is 17.7 Å². The Hall–Kier alpha value is -0.260. The topological polar surface area (TPSA) is 78.5 Å². The predicted molar refractivity (Wildman–Crippen MR) is 43.9 cm³/mol. The van der Waals surface area contributed by atoms with Crippen molar-refractivity contribution < 1.29 is 49.0 Å². The van der Waals surface area contributed by atoms with Gasteiger partial charge in [0.15, 0.2) is 0 Å². The molecule has 5 nitrogen and oxygen atoms in total. The fraction of sp³-hybridized carbons (Fsp3) is 0.750. The maximum atomic E-state index is 10.9. The van der Waals surface area contributed by atoms with Crippen LogP contribution in [0.4, 0.5) is 4.79 Å². The molecule has 1 N–H and O–H groups in total. The first-order chi connectivity index (χ1) is 5.81. The van der Waals surface area contributed by atoms with Gasteiger partial charge >= 0.3 is 35.7 Å². The third-order valence-corrected chi connectivity index (χ3v) is 0.997. The maximum absolute atomic E-state index is 10.9. The Kier molecular flexibility index (Phi) is 8.19. The standard InChI is InChI=1S/C8H15NO4.Na/c1-8(2,3)13-7(12)9-5-4-6(10)11;/h4-5H2,1-3H3,(H,9,12)(H,10,11);/q;+1/p-1. The van der Waals surface area contributed by atoms with Gasteiger partial charge in [0.05, 0.1) is 0 Å². The van der Waals surface area contributed by atoms with Crippen LogP contribution in [0.2, 0.25) is 0 Å². The van der Waals surface area contributed by atoms with Gasteiger partial charge in [-0.1, -0.05) is 0 Å². The third kappa shape index (κ3) is 11.7. The van der Waals surface area contributed by atoms with Crippen molar-refractivity contribution in [2.75, 3.05) is 6.54 Å². The summed E-state index contributed by atoms with van der Waals surface area (Å²) in [7, 11) is 0. The van der Waals surface area contributed by atoms with Gasteiger partial charge in [-0.25, -0.2) is 4.79 Å². The number of hydrogen-bond donors (Lipinski definition) is 1. The van der Waals surface area contributed by atoms with Crippen LogP contribution >= 0.6 is 0 Å². The molecule has 0 saturated carbocycles. The Balaban J connectivity index is 0. The Morgan fingerprint density at radius 3 is 2.21 bits per heavy atom. The minimum atomic E-state index is -1.20. The molecule has 0 rings (SSSR count). The van der Waals surface area contributed by atoms with Crippen molar-refractivity contribution in [2.45, 2.75) is 32.8 Å². The third-order valence-electron chi connectivity index (χ3n) is 0.997. The minimum Gasteiger partial charge on any atom is -0.550 e. The Labute approximate surface area is 105 Å². The van der Waals surface area contributed by atoms with Crippen molar-refractivity contribution in [1.29, 1.82) is 0 Å². The van der Waals surface area contributed by atoms with Crippen LogP contribution in [0.15, 0.2) is 0 Å². The fourth-order valence-electron chi connectivity index (χ4n) is 0.581. The molecule has 0 fully saturated rings. The average molecular weight is 211 g/mol. The van der Waals surface area contributed by atoms with Crippen molar-refractivity contribution in [3.8, 4) is 0 Å². The van der Waals surface area contributed by atoms with E-state index in [1.54, 1.807) is 20.8 Å². The molecule has 6 heteroatoms. The van der Waals surface area contributed by atoms with Crippen molar-refractivity contribution in [2.24, 2.45) is 0 Å². The molecule has 0 heterocycles. The number of hydrogen-bond acceptors (Lipinski definition) is 4. The molecule has 0 aliphatic heterocycles. The largest absolute Gasteiger partial charge is 1.00 e. The maximum Gasteiger partial charge on any atom is 1.00 e. The van der Waals surface area contributed by atoms with Gasteiger partial charge in [-0.3, -0.25) is 0 Å². The van der Waals surface area contributed by atoms with Crippen LogP contribution in [0.5, 0.6) is 0 Å². The molecule has 0 aromatic carbocycles. The quantitative estimate of drug-likeness (QED) is 0.495. The number of amides is 1. The molecular formula is C8H14NNaO4. The summed E-state index contributed by atoms with van der Waals surface area (Å²) >= 11 is 0. The summed E-state index contributed by atoms with van der Waals surface area (Å²) in [6.45, 7) is 5.21. The molecule has 0 radical (unpaired) electrons. The number of carbonyl (C=O) groups excluding carboxylic acids is 2. The number of carbonyl (C=O) groups is 2. The molecule has 0 aliphatic rings. The van der Waals surface area contributed by atoms with Gasteiger partial charge in [0.2, 0.25) is 0 Å². The first-order valence-electron chi connectivity index (χ1n) is 3.98. The molecule has 0 aromatic rings. The second-order valence-corrected chi connectivity index (χ2v) is 3.55. The molecule has 1 amide bonds. The van der Waals surface area contributed by atoms with E-state index in [0.29, 0.717) is 0 Å². The van der Waals surface area contributed by atoms with Gasteiger partial charge in [-0.05, 0) is 20.8 Å². The first-order valence-corrected chi connectivity index (χ1v) is 3.98. The van der Waals surface area contributed by atoms with E-state index in [1.807, 2.05) is 0 Å². The van der Waals surface area contributed by atoms with E-state index in [9.17, 15) is 14.7 Å². The summed E-state index contributed by atoms with van der Waals surface area (Å²) < 4.78 is 4.86. The van der Waals surface area contributed by atoms with Gasteiger partial charge in [-0.2, -0.15) is 0 Å². The van der Waals surface area contributed by atoms with Gasteiger partial charge in [0, 0.05) is 18.9 Å². The van der Waals surface area contributed by atoms with Gasteiger partial charge < -0.3 is 20.0 Å². The zero-order chi connectivity index (χ0) is 10.5. The van der Waals surface area contributed by atoms with Crippen LogP contribution in [0, 0.1) is 0 Å². The van der Waals surface area contributed by atoms with E-state index in [0.717, 1.165) is 0 Å². The van der Waals surface area contributed by atoms with Gasteiger partial charge in [0.25, 0.3) is 0 Å². The molecule has 0 aliphatic carbocycles. The van der Waals surface area contributed by atoms with Crippen molar-refractivity contribution in [1.82, 2.24) is 5.32 Å². The summed E-state index contributed by atoms with van der Waals surface area (Å²) in [5.74, 6) is -1.20. The van der Waals surface area contributed by atoms with Crippen molar-refractivity contribution >= 4 is 12.1 Å². The first kappa shape index (κ1) is 16.2. The number of nitrogens with one attached hydrogen (secondary N) is 1. The SMILES string of the molecule is CC(C)(C)OC(=O)NCCC(=O)[O-].[Na+]. The molecule has 0 aromatic heterocycles. The van der Waals surface area contributed by atoms with Gasteiger partial charge in [-0.15, -0.1) is 0 Å². The summed E-state index contributed by atoms with van der Waals surface area (Å²) in [6.07, 6.45) is -0.826. The zero-order valence-electron chi connectivity index (χ0n) is 9.05. The summed E-state index contributed by atoms with van der Waals surface area (Å²) in [6, 6.07) is 0. The molecule has 0 atom stereocenters. The van der Waals surface area contributed by atoms with Crippen LogP contribution in [-0.2, 0) is 9.53 Å². The number of carboxylic acid groups (broad SMARTS) is 1. The van der Waals surface area contributed by atoms with Crippen LogP contribution in [0.3, 0.4) is 0 Å². The second kappa shape index (κ2) is 7.09. The summed E-state index contributed by atoms with van der Waals surface area (Å²) in [5.41, 5.74) is -0.564. The number of alkyl carbamates (subject to hydrolysis) is 1. The van der Waals surface area contributed by atoms with E-state index in [4.69, 9.17) is 4.74 Å². The average Bonchev–Trinajstić information content (AvgIpc) is 1.81. The molecule has 14 heavy (non-hydrogen) atoms. The fourth-order valence-corrected chi connectivity index (χ4v) is 0.581. The predicted octanol–water partition coefficient (Wildman–Crippen LogP) is -3.34. The van der Waals surface area contributed by atoms with E-state index in [2.05, 4.69) is 5.32 Å². The minimum absolute atomic E-state index is 0. The van der Waals surface area contributed by atoms with Crippen LogP contribution in [0.1, 0.15) is 27.2 Å². The number of ether oxygens (including phenoxy) is 1. The normalized spacial score (nSPS) is 9.93. The Bertz CT molecular complexity index is 200. The van der Waals surface area contributed by atoms with Crippen LogP contribution < -0.4 is 40.0 Å². The zero-order valence-corrected chi connectivity index (χ0v) is 11.0. The summed E-state index contributed by atoms with van der Waals surface area (Å²) in [4.78, 5) is 20.9. The Morgan fingerprint density at radius 2 is 1.86 bits per heavy atom. The van der Waals surface area contributed by atoms with Crippen molar-refractivity contribution in [3.63, 3.8) is 0 Å². The molecule has 76 valence electrons.